The average molecular weight is 198 g/mol. The molecule has 80 valence electrons. The van der Waals surface area contributed by atoms with E-state index in [-0.39, 0.29) is 5.91 Å². The van der Waals surface area contributed by atoms with Crippen molar-refractivity contribution >= 4 is 5.91 Å². The lowest BCUT2D eigenvalue weighted by Crippen LogP contribution is -2.49. The Hall–Kier alpha value is -0.610. The van der Waals surface area contributed by atoms with Crippen molar-refractivity contribution in [1.29, 1.82) is 0 Å². The molecular formula is C10H18N2O2. The monoisotopic (exact) mass is 198 g/mol. The van der Waals surface area contributed by atoms with Crippen molar-refractivity contribution in [3.63, 3.8) is 0 Å². The first-order valence-electron chi connectivity index (χ1n) is 5.42. The van der Waals surface area contributed by atoms with Crippen LogP contribution in [-0.2, 0) is 9.53 Å². The second kappa shape index (κ2) is 4.75. The van der Waals surface area contributed by atoms with Crippen molar-refractivity contribution in [1.82, 2.24) is 10.2 Å². The fourth-order valence-corrected chi connectivity index (χ4v) is 2.08. The highest BCUT2D eigenvalue weighted by Crippen LogP contribution is 2.16. The van der Waals surface area contributed by atoms with Gasteiger partial charge in [0.2, 0.25) is 5.91 Å². The van der Waals surface area contributed by atoms with E-state index in [1.807, 2.05) is 4.90 Å². The molecule has 1 N–H and O–H groups in total. The normalized spacial score (nSPS) is 25.4. The summed E-state index contributed by atoms with van der Waals surface area (Å²) in [4.78, 5) is 13.5. The van der Waals surface area contributed by atoms with E-state index >= 15 is 0 Å². The summed E-state index contributed by atoms with van der Waals surface area (Å²) in [5.41, 5.74) is 0. The predicted molar refractivity (Wildman–Crippen MR) is 53.0 cm³/mol. The summed E-state index contributed by atoms with van der Waals surface area (Å²) >= 11 is 0. The van der Waals surface area contributed by atoms with Gasteiger partial charge in [-0.3, -0.25) is 4.79 Å². The van der Waals surface area contributed by atoms with Crippen LogP contribution in [0.15, 0.2) is 0 Å². The Labute approximate surface area is 84.6 Å². The lowest BCUT2D eigenvalue weighted by atomic mass is 9.99. The number of nitrogens with one attached hydrogen (secondary N) is 1. The highest BCUT2D eigenvalue weighted by molar-refractivity contribution is 5.78. The Morgan fingerprint density at radius 1 is 1.43 bits per heavy atom. The van der Waals surface area contributed by atoms with Gasteiger partial charge in [0.05, 0.1) is 6.54 Å². The molecule has 0 aromatic heterocycles. The molecule has 0 unspecified atom stereocenters. The van der Waals surface area contributed by atoms with Crippen molar-refractivity contribution in [3.8, 4) is 0 Å². The molecule has 4 heteroatoms. The molecule has 0 bridgehead atoms. The third kappa shape index (κ3) is 2.45. The molecule has 14 heavy (non-hydrogen) atoms. The summed E-state index contributed by atoms with van der Waals surface area (Å²) in [7, 11) is 0. The van der Waals surface area contributed by atoms with Crippen LogP contribution in [0.5, 0.6) is 0 Å². The second-order valence-electron chi connectivity index (χ2n) is 4.07. The van der Waals surface area contributed by atoms with E-state index in [4.69, 9.17) is 4.74 Å². The third-order valence-electron chi connectivity index (χ3n) is 3.01. The first-order valence-corrected chi connectivity index (χ1v) is 5.42. The number of piperazine rings is 1. The molecule has 4 nitrogen and oxygen atoms in total. The van der Waals surface area contributed by atoms with Crippen molar-refractivity contribution < 1.29 is 9.53 Å². The van der Waals surface area contributed by atoms with Crippen LogP contribution in [0, 0.1) is 5.92 Å². The molecule has 0 aliphatic carbocycles. The van der Waals surface area contributed by atoms with Gasteiger partial charge in [-0.05, 0) is 18.8 Å². The largest absolute Gasteiger partial charge is 0.381 e. The summed E-state index contributed by atoms with van der Waals surface area (Å²) in [5, 5.41) is 3.09. The fourth-order valence-electron chi connectivity index (χ4n) is 2.08. The molecule has 0 spiro atoms. The van der Waals surface area contributed by atoms with Gasteiger partial charge in [0.15, 0.2) is 0 Å². The molecule has 0 saturated carbocycles. The quantitative estimate of drug-likeness (QED) is 0.670. The van der Waals surface area contributed by atoms with Crippen LogP contribution in [0.4, 0.5) is 0 Å². The summed E-state index contributed by atoms with van der Waals surface area (Å²) in [5.74, 6) is 0.911. The SMILES string of the molecule is O=C1CNCCN1CC1CCOCC1. The summed E-state index contributed by atoms with van der Waals surface area (Å²) in [6.07, 6.45) is 2.22. The van der Waals surface area contributed by atoms with Crippen LogP contribution < -0.4 is 5.32 Å². The first-order chi connectivity index (χ1) is 6.86. The fraction of sp³-hybridized carbons (Fsp3) is 0.900. The standard InChI is InChI=1S/C10H18N2O2/c13-10-7-11-3-4-12(10)8-9-1-5-14-6-2-9/h9,11H,1-8H2. The predicted octanol–water partition coefficient (Wildman–Crippen LogP) is -0.155. The van der Waals surface area contributed by atoms with Crippen LogP contribution in [0.25, 0.3) is 0 Å². The van der Waals surface area contributed by atoms with Gasteiger partial charge in [-0.25, -0.2) is 0 Å². The Bertz CT molecular complexity index is 202. The maximum atomic E-state index is 11.5. The van der Waals surface area contributed by atoms with Gasteiger partial charge < -0.3 is 15.0 Å². The zero-order chi connectivity index (χ0) is 9.80. The number of amides is 1. The number of carbonyl (C=O) groups is 1. The molecular weight excluding hydrogens is 180 g/mol. The number of nitrogens with zero attached hydrogens (tertiary/aromatic N) is 1. The molecule has 0 aromatic carbocycles. The first kappa shape index (κ1) is 9.93. The van der Waals surface area contributed by atoms with Crippen molar-refractivity contribution in [2.45, 2.75) is 12.8 Å². The smallest absolute Gasteiger partial charge is 0.236 e. The van der Waals surface area contributed by atoms with Crippen LogP contribution in [0.2, 0.25) is 0 Å². The van der Waals surface area contributed by atoms with E-state index in [0.717, 1.165) is 45.7 Å². The van der Waals surface area contributed by atoms with Gasteiger partial charge in [-0.1, -0.05) is 0 Å². The Kier molecular flexibility index (Phi) is 3.37. The Morgan fingerprint density at radius 2 is 2.21 bits per heavy atom. The van der Waals surface area contributed by atoms with E-state index in [9.17, 15) is 4.79 Å². The molecule has 0 aromatic rings. The number of carbonyl (C=O) groups excluding carboxylic acids is 1. The maximum Gasteiger partial charge on any atom is 0.236 e. The van der Waals surface area contributed by atoms with E-state index in [0.29, 0.717) is 12.5 Å². The van der Waals surface area contributed by atoms with Crippen molar-refractivity contribution in [2.75, 3.05) is 39.4 Å². The van der Waals surface area contributed by atoms with E-state index in [1.54, 1.807) is 0 Å². The van der Waals surface area contributed by atoms with E-state index < -0.39 is 0 Å². The molecule has 2 rings (SSSR count). The summed E-state index contributed by atoms with van der Waals surface area (Å²) in [6, 6.07) is 0. The average Bonchev–Trinajstić information content (AvgIpc) is 2.23. The van der Waals surface area contributed by atoms with Gasteiger partial charge in [0, 0.05) is 32.8 Å². The minimum Gasteiger partial charge on any atom is -0.381 e. The summed E-state index contributed by atoms with van der Waals surface area (Å²) < 4.78 is 5.30. The van der Waals surface area contributed by atoms with Gasteiger partial charge in [0.1, 0.15) is 0 Å². The number of hydrogen-bond acceptors (Lipinski definition) is 3. The molecule has 2 saturated heterocycles. The van der Waals surface area contributed by atoms with Crippen molar-refractivity contribution in [2.24, 2.45) is 5.92 Å². The zero-order valence-corrected chi connectivity index (χ0v) is 8.50. The van der Waals surface area contributed by atoms with Gasteiger partial charge >= 0.3 is 0 Å². The molecule has 2 aliphatic rings. The van der Waals surface area contributed by atoms with Gasteiger partial charge in [-0.2, -0.15) is 0 Å². The molecule has 0 atom stereocenters. The van der Waals surface area contributed by atoms with Crippen LogP contribution in [0.1, 0.15) is 12.8 Å². The Morgan fingerprint density at radius 3 is 2.93 bits per heavy atom. The van der Waals surface area contributed by atoms with Crippen LogP contribution in [-0.4, -0.2) is 50.2 Å². The number of hydrogen-bond donors (Lipinski definition) is 1. The Balaban J connectivity index is 1.79. The molecule has 2 fully saturated rings. The number of rotatable bonds is 2. The van der Waals surface area contributed by atoms with Crippen LogP contribution in [0.3, 0.4) is 0 Å². The lowest BCUT2D eigenvalue weighted by molar-refractivity contribution is -0.133. The highest BCUT2D eigenvalue weighted by atomic mass is 16.5. The van der Waals surface area contributed by atoms with E-state index in [1.165, 1.54) is 0 Å². The molecule has 1 amide bonds. The zero-order valence-electron chi connectivity index (χ0n) is 8.50. The highest BCUT2D eigenvalue weighted by Gasteiger charge is 2.22. The second-order valence-corrected chi connectivity index (χ2v) is 4.07. The maximum absolute atomic E-state index is 11.5. The van der Waals surface area contributed by atoms with E-state index in [2.05, 4.69) is 5.32 Å². The minimum atomic E-state index is 0.253. The summed E-state index contributed by atoms with van der Waals surface area (Å²) in [6.45, 7) is 4.99. The third-order valence-corrected chi connectivity index (χ3v) is 3.01. The van der Waals surface area contributed by atoms with Gasteiger partial charge in [-0.15, -0.1) is 0 Å². The van der Waals surface area contributed by atoms with Crippen molar-refractivity contribution in [3.05, 3.63) is 0 Å². The topological polar surface area (TPSA) is 41.6 Å². The van der Waals surface area contributed by atoms with Gasteiger partial charge in [0.25, 0.3) is 0 Å². The molecule has 2 aliphatic heterocycles. The number of ether oxygens (including phenoxy) is 1. The minimum absolute atomic E-state index is 0.253. The lowest BCUT2D eigenvalue weighted by Gasteiger charge is -2.32. The molecule has 2 heterocycles. The molecule has 0 radical (unpaired) electrons. The van der Waals surface area contributed by atoms with Crippen LogP contribution >= 0.6 is 0 Å².